The Hall–Kier alpha value is -0.890. The van der Waals surface area contributed by atoms with Crippen LogP contribution in [0, 0.1) is 0 Å². The summed E-state index contributed by atoms with van der Waals surface area (Å²) in [6.07, 6.45) is -4.38. The Morgan fingerprint density at radius 3 is 2.47 bits per heavy atom. The van der Waals surface area contributed by atoms with E-state index in [0.717, 1.165) is 12.1 Å². The first-order chi connectivity index (χ1) is 8.84. The minimum Gasteiger partial charge on any atom is -0.313 e. The summed E-state index contributed by atoms with van der Waals surface area (Å²) in [6, 6.07) is 3.45. The summed E-state index contributed by atoms with van der Waals surface area (Å²) in [4.78, 5) is 0. The van der Waals surface area contributed by atoms with Crippen LogP contribution < -0.4 is 0 Å². The fourth-order valence-corrected chi connectivity index (χ4v) is 2.50. The molecule has 19 heavy (non-hydrogen) atoms. The lowest BCUT2D eigenvalue weighted by molar-refractivity contribution is -0.137. The molecule has 0 fully saturated rings. The maximum absolute atomic E-state index is 12.7. The largest absolute Gasteiger partial charge is 0.416 e. The predicted octanol–water partition coefficient (Wildman–Crippen LogP) is 4.16. The molecule has 8 heteroatoms. The number of benzene rings is 1. The van der Waals surface area contributed by atoms with Gasteiger partial charge in [0.15, 0.2) is 5.82 Å². The molecule has 0 radical (unpaired) electrons. The molecule has 0 N–H and O–H groups in total. The molecule has 1 aromatic heterocycles. The van der Waals surface area contributed by atoms with E-state index in [0.29, 0.717) is 27.0 Å². The molecule has 1 aromatic carbocycles. The van der Waals surface area contributed by atoms with Gasteiger partial charge in [-0.1, -0.05) is 31.9 Å². The first-order valence-electron chi connectivity index (χ1n) is 5.16. The van der Waals surface area contributed by atoms with Crippen molar-refractivity contribution < 1.29 is 13.2 Å². The van der Waals surface area contributed by atoms with Gasteiger partial charge in [0.1, 0.15) is 5.82 Å². The normalized spacial score (nSPS) is 11.9. The van der Waals surface area contributed by atoms with E-state index in [-0.39, 0.29) is 0 Å². The molecule has 2 aromatic rings. The number of hydrogen-bond donors (Lipinski definition) is 0. The first-order valence-corrected chi connectivity index (χ1v) is 7.07. The van der Waals surface area contributed by atoms with E-state index in [1.54, 1.807) is 11.6 Å². The summed E-state index contributed by atoms with van der Waals surface area (Å²) in [7, 11) is 1.71. The van der Waals surface area contributed by atoms with Crippen LogP contribution in [0.3, 0.4) is 0 Å². The van der Waals surface area contributed by atoms with Crippen LogP contribution in [-0.2, 0) is 18.6 Å². The molecule has 0 aliphatic rings. The van der Waals surface area contributed by atoms with Crippen molar-refractivity contribution in [3.05, 3.63) is 34.1 Å². The lowest BCUT2D eigenvalue weighted by Crippen LogP contribution is -2.06. The number of halogens is 5. The molecule has 102 valence electrons. The summed E-state index contributed by atoms with van der Waals surface area (Å²) in [5, 5.41) is 8.31. The number of rotatable bonds is 2. The third kappa shape index (κ3) is 2.84. The predicted molar refractivity (Wildman–Crippen MR) is 71.8 cm³/mol. The Morgan fingerprint density at radius 1 is 1.26 bits per heavy atom. The van der Waals surface area contributed by atoms with E-state index in [1.807, 2.05) is 0 Å². The second-order valence-corrected chi connectivity index (χ2v) is 5.24. The van der Waals surface area contributed by atoms with Crippen LogP contribution >= 0.6 is 31.9 Å². The fraction of sp³-hybridized carbons (Fsp3) is 0.273. The SMILES string of the molecule is Cn1c(CBr)nnc1-c1cc(C(F)(F)F)ccc1Br. The Balaban J connectivity index is 2.58. The highest BCUT2D eigenvalue weighted by Crippen LogP contribution is 2.35. The summed E-state index contributed by atoms with van der Waals surface area (Å²) in [5.41, 5.74) is -0.355. The van der Waals surface area contributed by atoms with Gasteiger partial charge in [-0.3, -0.25) is 0 Å². The second-order valence-electron chi connectivity index (χ2n) is 3.82. The quantitative estimate of drug-likeness (QED) is 0.711. The maximum atomic E-state index is 12.7. The first kappa shape index (κ1) is 14.5. The number of alkyl halides is 4. The van der Waals surface area contributed by atoms with Gasteiger partial charge < -0.3 is 4.57 Å². The average molecular weight is 399 g/mol. The molecular formula is C11H8Br2F3N3. The molecule has 0 bridgehead atoms. The molecule has 0 spiro atoms. The Kier molecular flexibility index (Phi) is 4.00. The van der Waals surface area contributed by atoms with Gasteiger partial charge in [-0.05, 0) is 18.2 Å². The van der Waals surface area contributed by atoms with E-state index < -0.39 is 11.7 Å². The van der Waals surface area contributed by atoms with Gasteiger partial charge >= 0.3 is 6.18 Å². The lowest BCUT2D eigenvalue weighted by atomic mass is 10.1. The van der Waals surface area contributed by atoms with E-state index >= 15 is 0 Å². The highest BCUT2D eigenvalue weighted by Gasteiger charge is 2.31. The van der Waals surface area contributed by atoms with Crippen LogP contribution in [0.15, 0.2) is 22.7 Å². The molecular weight excluding hydrogens is 391 g/mol. The van der Waals surface area contributed by atoms with Gasteiger partial charge in [-0.2, -0.15) is 13.2 Å². The maximum Gasteiger partial charge on any atom is 0.416 e. The highest BCUT2D eigenvalue weighted by molar-refractivity contribution is 9.10. The standard InChI is InChI=1S/C11H8Br2F3N3/c1-19-9(5-12)17-18-10(19)7-4-6(11(14,15)16)2-3-8(7)13/h2-4H,5H2,1H3. The van der Waals surface area contributed by atoms with Gasteiger partial charge in [0, 0.05) is 17.1 Å². The molecule has 0 unspecified atom stereocenters. The van der Waals surface area contributed by atoms with Gasteiger partial charge in [0.05, 0.1) is 10.9 Å². The Bertz CT molecular complexity index is 608. The van der Waals surface area contributed by atoms with Crippen LogP contribution in [0.1, 0.15) is 11.4 Å². The zero-order chi connectivity index (χ0) is 14.2. The molecule has 3 nitrogen and oxygen atoms in total. The molecule has 2 rings (SSSR count). The van der Waals surface area contributed by atoms with Crippen LogP contribution in [-0.4, -0.2) is 14.8 Å². The molecule has 0 saturated carbocycles. The number of nitrogens with zero attached hydrogens (tertiary/aromatic N) is 3. The van der Waals surface area contributed by atoms with Crippen LogP contribution in [0.4, 0.5) is 13.2 Å². The highest BCUT2D eigenvalue weighted by atomic mass is 79.9. The number of aromatic nitrogens is 3. The van der Waals surface area contributed by atoms with Crippen molar-refractivity contribution in [1.29, 1.82) is 0 Å². The topological polar surface area (TPSA) is 30.7 Å². The number of hydrogen-bond acceptors (Lipinski definition) is 2. The molecule has 0 saturated heterocycles. The third-order valence-electron chi connectivity index (χ3n) is 2.62. The van der Waals surface area contributed by atoms with Crippen molar-refractivity contribution in [2.24, 2.45) is 7.05 Å². The summed E-state index contributed by atoms with van der Waals surface area (Å²) in [5.74, 6) is 1.02. The van der Waals surface area contributed by atoms with E-state index in [2.05, 4.69) is 42.1 Å². The van der Waals surface area contributed by atoms with Gasteiger partial charge in [-0.25, -0.2) is 0 Å². The fourth-order valence-electron chi connectivity index (χ4n) is 1.59. The summed E-state index contributed by atoms with van der Waals surface area (Å²) < 4.78 is 40.4. The summed E-state index contributed by atoms with van der Waals surface area (Å²) >= 11 is 6.48. The average Bonchev–Trinajstić information content (AvgIpc) is 2.69. The van der Waals surface area contributed by atoms with Gasteiger partial charge in [0.25, 0.3) is 0 Å². The van der Waals surface area contributed by atoms with E-state index in [9.17, 15) is 13.2 Å². The van der Waals surface area contributed by atoms with Crippen molar-refractivity contribution >= 4 is 31.9 Å². The third-order valence-corrected chi connectivity index (χ3v) is 3.81. The van der Waals surface area contributed by atoms with Crippen molar-refractivity contribution in [2.45, 2.75) is 11.5 Å². The minimum atomic E-state index is -4.38. The van der Waals surface area contributed by atoms with Crippen molar-refractivity contribution in [3.8, 4) is 11.4 Å². The Labute approximate surface area is 124 Å². The van der Waals surface area contributed by atoms with Crippen molar-refractivity contribution in [1.82, 2.24) is 14.8 Å². The van der Waals surface area contributed by atoms with E-state index in [4.69, 9.17) is 0 Å². The zero-order valence-corrected chi connectivity index (χ0v) is 12.8. The van der Waals surface area contributed by atoms with Crippen LogP contribution in [0.25, 0.3) is 11.4 Å². The molecule has 0 aliphatic carbocycles. The van der Waals surface area contributed by atoms with Crippen molar-refractivity contribution in [3.63, 3.8) is 0 Å². The van der Waals surface area contributed by atoms with Crippen LogP contribution in [0.2, 0.25) is 0 Å². The monoisotopic (exact) mass is 397 g/mol. The molecule has 0 amide bonds. The van der Waals surface area contributed by atoms with Gasteiger partial charge in [-0.15, -0.1) is 10.2 Å². The second kappa shape index (κ2) is 5.24. The minimum absolute atomic E-state index is 0.358. The smallest absolute Gasteiger partial charge is 0.313 e. The molecule has 0 atom stereocenters. The molecule has 1 heterocycles. The van der Waals surface area contributed by atoms with Gasteiger partial charge in [0.2, 0.25) is 0 Å². The van der Waals surface area contributed by atoms with Crippen molar-refractivity contribution in [2.75, 3.05) is 0 Å². The van der Waals surface area contributed by atoms with E-state index in [1.165, 1.54) is 6.07 Å². The molecule has 0 aliphatic heterocycles. The Morgan fingerprint density at radius 2 is 1.95 bits per heavy atom. The zero-order valence-electron chi connectivity index (χ0n) is 9.67. The summed E-state index contributed by atoms with van der Waals surface area (Å²) in [6.45, 7) is 0. The van der Waals surface area contributed by atoms with Crippen LogP contribution in [0.5, 0.6) is 0 Å². The lowest BCUT2D eigenvalue weighted by Gasteiger charge is -2.10.